The standard InChI is InChI=1S/C12H20N2O3/c1-11(2,3)17-10(16)14-8-12(9(14)15)6-4-5-7-13-12/h13H,4-8H2,1-3H3. The Labute approximate surface area is 101 Å². The van der Waals surface area contributed by atoms with Crippen molar-refractivity contribution < 1.29 is 14.3 Å². The molecule has 5 nitrogen and oxygen atoms in total. The van der Waals surface area contributed by atoms with Crippen molar-refractivity contribution in [3.05, 3.63) is 0 Å². The van der Waals surface area contributed by atoms with Crippen LogP contribution in [-0.4, -0.2) is 41.1 Å². The highest BCUT2D eigenvalue weighted by Gasteiger charge is 2.55. The lowest BCUT2D eigenvalue weighted by atomic mass is 9.81. The topological polar surface area (TPSA) is 58.6 Å². The molecule has 17 heavy (non-hydrogen) atoms. The smallest absolute Gasteiger partial charge is 0.417 e. The van der Waals surface area contributed by atoms with Gasteiger partial charge < -0.3 is 10.1 Å². The molecule has 96 valence electrons. The van der Waals surface area contributed by atoms with E-state index in [0.29, 0.717) is 6.54 Å². The second kappa shape index (κ2) is 3.98. The zero-order valence-corrected chi connectivity index (χ0v) is 10.7. The largest absolute Gasteiger partial charge is 0.443 e. The maximum absolute atomic E-state index is 12.0. The van der Waals surface area contributed by atoms with Crippen LogP contribution < -0.4 is 5.32 Å². The number of imide groups is 1. The summed E-state index contributed by atoms with van der Waals surface area (Å²) in [6, 6.07) is 0. The van der Waals surface area contributed by atoms with Crippen LogP contribution in [0.2, 0.25) is 0 Å². The molecule has 0 radical (unpaired) electrons. The van der Waals surface area contributed by atoms with Crippen molar-refractivity contribution in [3.8, 4) is 0 Å². The number of rotatable bonds is 0. The zero-order valence-electron chi connectivity index (χ0n) is 10.7. The van der Waals surface area contributed by atoms with Crippen LogP contribution in [0.25, 0.3) is 0 Å². The van der Waals surface area contributed by atoms with E-state index < -0.39 is 17.2 Å². The minimum Gasteiger partial charge on any atom is -0.443 e. The summed E-state index contributed by atoms with van der Waals surface area (Å²) in [6.45, 7) is 6.69. The number of amides is 2. The number of hydrogen-bond acceptors (Lipinski definition) is 4. The fourth-order valence-corrected chi connectivity index (χ4v) is 2.33. The summed E-state index contributed by atoms with van der Waals surface area (Å²) in [6.07, 6.45) is 2.44. The van der Waals surface area contributed by atoms with Crippen molar-refractivity contribution in [2.45, 2.75) is 51.2 Å². The molecule has 0 saturated carbocycles. The molecular formula is C12H20N2O3. The Morgan fingerprint density at radius 3 is 2.59 bits per heavy atom. The second-order valence-corrected chi connectivity index (χ2v) is 5.84. The van der Waals surface area contributed by atoms with Gasteiger partial charge in [-0.05, 0) is 46.6 Å². The number of hydrogen-bond donors (Lipinski definition) is 1. The van der Waals surface area contributed by atoms with Gasteiger partial charge in [0.15, 0.2) is 0 Å². The van der Waals surface area contributed by atoms with Gasteiger partial charge in [-0.25, -0.2) is 9.69 Å². The molecule has 2 rings (SSSR count). The van der Waals surface area contributed by atoms with E-state index in [1.54, 1.807) is 20.8 Å². The van der Waals surface area contributed by atoms with Crippen molar-refractivity contribution in [1.82, 2.24) is 10.2 Å². The molecule has 2 fully saturated rings. The van der Waals surface area contributed by atoms with Gasteiger partial charge in [0.25, 0.3) is 5.91 Å². The van der Waals surface area contributed by atoms with Crippen LogP contribution in [0.15, 0.2) is 0 Å². The Hall–Kier alpha value is -1.10. The fraction of sp³-hybridized carbons (Fsp3) is 0.833. The van der Waals surface area contributed by atoms with E-state index in [9.17, 15) is 9.59 Å². The molecule has 2 amide bonds. The van der Waals surface area contributed by atoms with Crippen molar-refractivity contribution >= 4 is 12.0 Å². The Kier molecular flexibility index (Phi) is 2.89. The maximum Gasteiger partial charge on any atom is 0.417 e. The van der Waals surface area contributed by atoms with Crippen LogP contribution in [0.1, 0.15) is 40.0 Å². The molecule has 1 spiro atoms. The summed E-state index contributed by atoms with van der Waals surface area (Å²) in [5.74, 6) is -0.133. The molecule has 1 N–H and O–H groups in total. The van der Waals surface area contributed by atoms with E-state index >= 15 is 0 Å². The molecule has 5 heteroatoms. The Bertz CT molecular complexity index is 340. The number of piperidine rings is 1. The third-order valence-corrected chi connectivity index (χ3v) is 3.19. The first-order chi connectivity index (χ1) is 7.84. The molecular weight excluding hydrogens is 220 g/mol. The van der Waals surface area contributed by atoms with Crippen LogP contribution in [0.5, 0.6) is 0 Å². The van der Waals surface area contributed by atoms with Crippen LogP contribution in [0, 0.1) is 0 Å². The highest BCUT2D eigenvalue weighted by atomic mass is 16.6. The molecule has 1 unspecified atom stereocenters. The minimum atomic E-state index is -0.555. The Morgan fingerprint density at radius 2 is 2.12 bits per heavy atom. The van der Waals surface area contributed by atoms with Gasteiger partial charge in [0.05, 0.1) is 6.54 Å². The molecule has 2 aliphatic rings. The summed E-state index contributed by atoms with van der Waals surface area (Å²) in [5, 5.41) is 3.23. The first kappa shape index (κ1) is 12.4. The summed E-state index contributed by atoms with van der Waals surface area (Å²) < 4.78 is 5.18. The van der Waals surface area contributed by atoms with E-state index in [-0.39, 0.29) is 5.91 Å². The Balaban J connectivity index is 1.95. The van der Waals surface area contributed by atoms with Crippen molar-refractivity contribution in [3.63, 3.8) is 0 Å². The van der Waals surface area contributed by atoms with Gasteiger partial charge in [-0.1, -0.05) is 0 Å². The predicted molar refractivity (Wildman–Crippen MR) is 62.5 cm³/mol. The van der Waals surface area contributed by atoms with Crippen LogP contribution in [0.3, 0.4) is 0 Å². The average Bonchev–Trinajstić information content (AvgIpc) is 2.24. The number of nitrogens with zero attached hydrogens (tertiary/aromatic N) is 1. The Morgan fingerprint density at radius 1 is 1.41 bits per heavy atom. The highest BCUT2D eigenvalue weighted by molar-refractivity contribution is 6.03. The quantitative estimate of drug-likeness (QED) is 0.648. The summed E-state index contributed by atoms with van der Waals surface area (Å²) >= 11 is 0. The number of ether oxygens (including phenoxy) is 1. The summed E-state index contributed by atoms with van der Waals surface area (Å²) in [5.41, 5.74) is -1.03. The monoisotopic (exact) mass is 240 g/mol. The molecule has 0 bridgehead atoms. The molecule has 2 aliphatic heterocycles. The lowest BCUT2D eigenvalue weighted by molar-refractivity contribution is -0.152. The van der Waals surface area contributed by atoms with E-state index in [1.807, 2.05) is 0 Å². The second-order valence-electron chi connectivity index (χ2n) is 5.84. The third-order valence-electron chi connectivity index (χ3n) is 3.19. The number of carbonyl (C=O) groups excluding carboxylic acids is 2. The number of likely N-dealkylation sites (tertiary alicyclic amines) is 1. The molecule has 0 aliphatic carbocycles. The van der Waals surface area contributed by atoms with Crippen molar-refractivity contribution in [2.24, 2.45) is 0 Å². The number of β-lactam (4-membered cyclic amide) rings is 1. The van der Waals surface area contributed by atoms with Crippen molar-refractivity contribution in [1.29, 1.82) is 0 Å². The SMILES string of the molecule is CC(C)(C)OC(=O)N1CC2(CCCCN2)C1=O. The molecule has 0 aromatic heterocycles. The minimum absolute atomic E-state index is 0.133. The van der Waals surface area contributed by atoms with Gasteiger partial charge >= 0.3 is 6.09 Å². The summed E-state index contributed by atoms with van der Waals surface area (Å²) in [7, 11) is 0. The van der Waals surface area contributed by atoms with Gasteiger partial charge in [0.2, 0.25) is 0 Å². The zero-order chi connectivity index (χ0) is 12.7. The van der Waals surface area contributed by atoms with E-state index in [2.05, 4.69) is 5.32 Å². The van der Waals surface area contributed by atoms with Gasteiger partial charge in [0.1, 0.15) is 11.1 Å². The summed E-state index contributed by atoms with van der Waals surface area (Å²) in [4.78, 5) is 25.0. The van der Waals surface area contributed by atoms with Crippen molar-refractivity contribution in [2.75, 3.05) is 13.1 Å². The van der Waals surface area contributed by atoms with Crippen LogP contribution >= 0.6 is 0 Å². The molecule has 0 aromatic rings. The van der Waals surface area contributed by atoms with E-state index in [4.69, 9.17) is 4.74 Å². The van der Waals surface area contributed by atoms with Gasteiger partial charge in [-0.15, -0.1) is 0 Å². The molecule has 2 heterocycles. The average molecular weight is 240 g/mol. The fourth-order valence-electron chi connectivity index (χ4n) is 2.33. The van der Waals surface area contributed by atoms with Gasteiger partial charge in [-0.2, -0.15) is 0 Å². The molecule has 0 aromatic carbocycles. The number of nitrogens with one attached hydrogen (secondary N) is 1. The van der Waals surface area contributed by atoms with Gasteiger partial charge in [0, 0.05) is 0 Å². The van der Waals surface area contributed by atoms with E-state index in [1.165, 1.54) is 4.90 Å². The van der Waals surface area contributed by atoms with Gasteiger partial charge in [-0.3, -0.25) is 4.79 Å². The normalized spacial score (nSPS) is 29.1. The number of carbonyl (C=O) groups is 2. The maximum atomic E-state index is 12.0. The lowest BCUT2D eigenvalue weighted by Gasteiger charge is -2.49. The lowest BCUT2D eigenvalue weighted by Crippen LogP contribution is -2.75. The first-order valence-electron chi connectivity index (χ1n) is 6.14. The van der Waals surface area contributed by atoms with E-state index in [0.717, 1.165) is 25.8 Å². The highest BCUT2D eigenvalue weighted by Crippen LogP contribution is 2.32. The molecule has 2 saturated heterocycles. The van der Waals surface area contributed by atoms with Crippen LogP contribution in [0.4, 0.5) is 4.79 Å². The predicted octanol–water partition coefficient (Wildman–Crippen LogP) is 1.28. The first-order valence-corrected chi connectivity index (χ1v) is 6.14. The third kappa shape index (κ3) is 2.29. The van der Waals surface area contributed by atoms with Crippen LogP contribution in [-0.2, 0) is 9.53 Å². The molecule has 1 atom stereocenters.